The van der Waals surface area contributed by atoms with Crippen molar-refractivity contribution in [3.63, 3.8) is 0 Å². The molecule has 0 saturated heterocycles. The monoisotopic (exact) mass is 943 g/mol. The predicted molar refractivity (Wildman–Crippen MR) is 235 cm³/mol. The number of phenolic OH excluding ortho intramolecular Hbond substituents is 1. The predicted octanol–water partition coefficient (Wildman–Crippen LogP) is 13.5. The van der Waals surface area contributed by atoms with Gasteiger partial charge in [0.05, 0.1) is 22.3 Å². The Morgan fingerprint density at radius 2 is 1.28 bits per heavy atom. The molecule has 4 nitrogen and oxygen atoms in total. The minimum atomic E-state index is -3.50. The molecule has 0 spiro atoms. The van der Waals surface area contributed by atoms with Crippen molar-refractivity contribution in [3.05, 3.63) is 193 Å². The van der Waals surface area contributed by atoms with Gasteiger partial charge in [-0.1, -0.05) is 164 Å². The van der Waals surface area contributed by atoms with Crippen molar-refractivity contribution in [1.82, 2.24) is 14.5 Å². The number of para-hydroxylation sites is 2. The second kappa shape index (κ2) is 15.9. The molecule has 286 valence electrons. The van der Waals surface area contributed by atoms with E-state index in [1.54, 1.807) is 83.6 Å². The van der Waals surface area contributed by atoms with Crippen LogP contribution in [0, 0.1) is 12.9 Å². The van der Waals surface area contributed by atoms with E-state index in [1.807, 2.05) is 72.8 Å². The third-order valence-corrected chi connectivity index (χ3v) is 10.1. The molecule has 5 heteroatoms. The fourth-order valence-electron chi connectivity index (χ4n) is 7.29. The van der Waals surface area contributed by atoms with E-state index in [1.165, 1.54) is 24.3 Å². The van der Waals surface area contributed by atoms with E-state index in [9.17, 15) is 5.11 Å². The second-order valence-corrected chi connectivity index (χ2v) is 13.9. The number of hydrogen-bond donors (Lipinski definition) is 1. The van der Waals surface area contributed by atoms with Crippen molar-refractivity contribution in [1.29, 1.82) is 0 Å². The molecule has 9 aromatic rings. The van der Waals surface area contributed by atoms with Crippen LogP contribution in [0.15, 0.2) is 176 Å². The molecule has 0 amide bonds. The summed E-state index contributed by atoms with van der Waals surface area (Å²) >= 11 is 0. The van der Waals surface area contributed by atoms with Gasteiger partial charge in [-0.25, -0.2) is 4.98 Å². The summed E-state index contributed by atoms with van der Waals surface area (Å²) in [5.74, 6) is 0.200. The molecule has 0 fully saturated rings. The summed E-state index contributed by atoms with van der Waals surface area (Å²) in [6.07, 6.45) is 1.69. The van der Waals surface area contributed by atoms with E-state index in [-0.39, 0.29) is 38.2 Å². The zero-order valence-corrected chi connectivity index (χ0v) is 33.1. The number of nitrogens with zero attached hydrogens (tertiary/aromatic N) is 3. The summed E-state index contributed by atoms with van der Waals surface area (Å²) in [5, 5.41) is 11.5. The topological polar surface area (TPSA) is 50.9 Å². The van der Waals surface area contributed by atoms with Crippen LogP contribution in [0.5, 0.6) is 5.75 Å². The molecule has 0 atom stereocenters. The van der Waals surface area contributed by atoms with Crippen molar-refractivity contribution in [2.45, 2.75) is 32.8 Å². The molecule has 2 aromatic heterocycles. The van der Waals surface area contributed by atoms with E-state index in [2.05, 4.69) is 6.07 Å². The van der Waals surface area contributed by atoms with Crippen LogP contribution < -0.4 is 0 Å². The largest absolute Gasteiger partial charge is 0.507 e. The Balaban J connectivity index is 0.00000659. The Bertz CT molecular complexity index is 3310. The first kappa shape index (κ1) is 26.5. The van der Waals surface area contributed by atoms with Gasteiger partial charge in [0.2, 0.25) is 0 Å². The zero-order chi connectivity index (χ0) is 49.1. The first-order chi connectivity index (χ1) is 32.7. The van der Waals surface area contributed by atoms with Crippen LogP contribution in [0.25, 0.3) is 83.9 Å². The maximum atomic E-state index is 11.5. The number of fused-ring (bicyclic) bond motifs is 1. The third-order valence-electron chi connectivity index (χ3n) is 10.1. The number of pyridine rings is 1. The van der Waals surface area contributed by atoms with Gasteiger partial charge >= 0.3 is 0 Å². The second-order valence-electron chi connectivity index (χ2n) is 13.9. The molecule has 0 aliphatic heterocycles. The van der Waals surface area contributed by atoms with E-state index >= 15 is 0 Å². The minimum Gasteiger partial charge on any atom is -0.507 e. The van der Waals surface area contributed by atoms with Gasteiger partial charge in [-0.3, -0.25) is 9.55 Å². The third kappa shape index (κ3) is 7.44. The van der Waals surface area contributed by atoms with Crippen LogP contribution in [-0.2, 0) is 26.5 Å². The fraction of sp³-hybridized carbons (Fsp3) is 0.0943. The van der Waals surface area contributed by atoms with Crippen LogP contribution in [0.2, 0.25) is 0 Å². The molecule has 0 aliphatic carbocycles. The van der Waals surface area contributed by atoms with Gasteiger partial charge < -0.3 is 5.11 Å². The maximum Gasteiger partial charge on any atom is 0.148 e. The van der Waals surface area contributed by atoms with Gasteiger partial charge in [-0.05, 0) is 76.5 Å². The summed E-state index contributed by atoms with van der Waals surface area (Å²) < 4.78 is 102. The van der Waals surface area contributed by atoms with Gasteiger partial charge in [-0.2, -0.15) is 0 Å². The number of hydrogen-bond acceptors (Lipinski definition) is 3. The molecule has 1 N–H and O–H groups in total. The molecule has 0 bridgehead atoms. The number of aryl methyl sites for hydroxylation is 1. The van der Waals surface area contributed by atoms with Crippen molar-refractivity contribution in [3.8, 4) is 78.6 Å². The molecule has 0 radical (unpaired) electrons. The normalized spacial score (nSPS) is 15.3. The SMILES string of the molecule is [2H]C([2H])([2H])c1ccc(-c2ccnc(-c3[c-]c(-c4cccc5c4nc(-c4ccccc4O)n5-c4ccc(C(C([2H])([2H])[2H])(C([2H])([2H])[2H])C([2H])([2H])[2H])cc4-c4ccccc4)cc(-c4ccccc4)c3)c2)cc1.[Pt]. The van der Waals surface area contributed by atoms with Crippen LogP contribution in [0.1, 0.15) is 48.1 Å². The Morgan fingerprint density at radius 3 is 2.02 bits per heavy atom. The number of rotatable bonds is 7. The van der Waals surface area contributed by atoms with E-state index in [4.69, 9.17) is 26.4 Å². The molecule has 0 aliphatic rings. The van der Waals surface area contributed by atoms with E-state index < -0.39 is 38.4 Å². The standard InChI is InChI=1S/C53H42N3O.Pt/c1-35-22-24-37(25-23-35)39-28-29-54-47(33-39)42-31-40(36-14-7-5-8-15-36)30-41(32-42)44-19-13-20-49-51(44)55-52(45-18-11-12-21-50(45)57)56(49)48-27-26-43(53(2,3)4)34-46(48)38-16-9-6-10-17-38;/h5-31,33-34,57H,1-4H3;/q-1;/i1D3,2D3,3D3,4D3;. The van der Waals surface area contributed by atoms with Crippen molar-refractivity contribution in [2.75, 3.05) is 0 Å². The Labute approximate surface area is 371 Å². The molecule has 0 unspecified atom stereocenters. The summed E-state index contributed by atoms with van der Waals surface area (Å²) in [4.78, 5) is 10.0. The quantitative estimate of drug-likeness (QED) is 0.162. The van der Waals surface area contributed by atoms with Crippen LogP contribution in [-0.4, -0.2) is 19.6 Å². The summed E-state index contributed by atoms with van der Waals surface area (Å²) in [5.41, 5.74) is 5.16. The van der Waals surface area contributed by atoms with Gasteiger partial charge in [0.25, 0.3) is 0 Å². The molecule has 9 rings (SSSR count). The number of aromatic hydroxyl groups is 1. The first-order valence-electron chi connectivity index (χ1n) is 24.4. The Kier molecular flexibility index (Phi) is 7.27. The Hall–Kier alpha value is -6.35. The van der Waals surface area contributed by atoms with Gasteiger partial charge in [0.1, 0.15) is 11.6 Å². The maximum absolute atomic E-state index is 11.5. The smallest absolute Gasteiger partial charge is 0.148 e. The van der Waals surface area contributed by atoms with Gasteiger partial charge in [0.15, 0.2) is 0 Å². The van der Waals surface area contributed by atoms with Crippen molar-refractivity contribution >= 4 is 11.0 Å². The fourth-order valence-corrected chi connectivity index (χ4v) is 7.29. The van der Waals surface area contributed by atoms with Crippen molar-refractivity contribution < 1.29 is 42.6 Å². The molecule has 58 heavy (non-hydrogen) atoms. The molecule has 0 saturated carbocycles. The van der Waals surface area contributed by atoms with Crippen molar-refractivity contribution in [2.24, 2.45) is 0 Å². The number of aromatic nitrogens is 3. The van der Waals surface area contributed by atoms with Crippen LogP contribution in [0.3, 0.4) is 0 Å². The number of phenols is 1. The minimum absolute atomic E-state index is 0. The molecule has 2 heterocycles. The summed E-state index contributed by atoms with van der Waals surface area (Å²) in [7, 11) is 0. The van der Waals surface area contributed by atoms with E-state index in [0.717, 1.165) is 22.3 Å². The van der Waals surface area contributed by atoms with Gasteiger partial charge in [0, 0.05) is 55.0 Å². The number of benzene rings is 7. The Morgan fingerprint density at radius 1 is 0.586 bits per heavy atom. The summed E-state index contributed by atoms with van der Waals surface area (Å²) in [6.45, 7) is -12.7. The molecular formula is C53H42N3OPt-. The average molecular weight is 944 g/mol. The van der Waals surface area contributed by atoms with Crippen LogP contribution in [0.4, 0.5) is 0 Å². The van der Waals surface area contributed by atoms with Crippen LogP contribution >= 0.6 is 0 Å². The molecular weight excluding hydrogens is 890 g/mol. The van der Waals surface area contributed by atoms with E-state index in [0.29, 0.717) is 55.8 Å². The molecule has 7 aromatic carbocycles. The zero-order valence-electron chi connectivity index (χ0n) is 42.8. The number of imidazole rings is 1. The van der Waals surface area contributed by atoms with Gasteiger partial charge in [-0.15, -0.1) is 23.8 Å². The average Bonchev–Trinajstić information content (AvgIpc) is 3.70. The first-order valence-corrected chi connectivity index (χ1v) is 18.4. The summed E-state index contributed by atoms with van der Waals surface area (Å²) in [6, 6.07) is 53.2.